The summed E-state index contributed by atoms with van der Waals surface area (Å²) in [5.74, 6) is 0. The van der Waals surface area contributed by atoms with Crippen LogP contribution in [-0.2, 0) is 0 Å². The lowest BCUT2D eigenvalue weighted by Gasteiger charge is -2.30. The molecule has 17 heavy (non-hydrogen) atoms. The number of nitrogens with two attached hydrogens (primary N) is 1. The van der Waals surface area contributed by atoms with Crippen molar-refractivity contribution in [1.29, 1.82) is 0 Å². The number of aryl methyl sites for hydroxylation is 1. The van der Waals surface area contributed by atoms with Gasteiger partial charge >= 0.3 is 0 Å². The summed E-state index contributed by atoms with van der Waals surface area (Å²) >= 11 is 0. The molecule has 1 heterocycles. The largest absolute Gasteiger partial charge is 0.397 e. The molecule has 3 nitrogen and oxygen atoms in total. The van der Waals surface area contributed by atoms with Crippen LogP contribution in [0.15, 0.2) is 18.2 Å². The van der Waals surface area contributed by atoms with Crippen molar-refractivity contribution in [3.05, 3.63) is 23.8 Å². The van der Waals surface area contributed by atoms with E-state index in [1.165, 1.54) is 24.1 Å². The molecule has 2 N–H and O–H groups in total. The first-order chi connectivity index (χ1) is 8.08. The van der Waals surface area contributed by atoms with E-state index in [0.29, 0.717) is 6.04 Å². The topological polar surface area (TPSA) is 32.5 Å². The third-order valence-electron chi connectivity index (χ3n) is 3.45. The second-order valence-electron chi connectivity index (χ2n) is 5.31. The smallest absolute Gasteiger partial charge is 0.0603 e. The molecule has 1 aliphatic heterocycles. The summed E-state index contributed by atoms with van der Waals surface area (Å²) in [5, 5.41) is 0. The molecule has 94 valence electrons. The van der Waals surface area contributed by atoms with Gasteiger partial charge in [-0.2, -0.15) is 0 Å². The first-order valence-corrected chi connectivity index (χ1v) is 6.35. The molecule has 0 radical (unpaired) electrons. The van der Waals surface area contributed by atoms with Gasteiger partial charge in [-0.3, -0.25) is 0 Å². The summed E-state index contributed by atoms with van der Waals surface area (Å²) in [7, 11) is 4.27. The zero-order valence-electron chi connectivity index (χ0n) is 11.1. The molecule has 0 spiro atoms. The molecular formula is C14H23N3. The van der Waals surface area contributed by atoms with Crippen LogP contribution in [0.25, 0.3) is 0 Å². The number of likely N-dealkylation sites (N-methyl/N-ethyl adjacent to an activating group) is 1. The molecule has 1 fully saturated rings. The second kappa shape index (κ2) is 4.96. The molecule has 0 aliphatic carbocycles. The van der Waals surface area contributed by atoms with Gasteiger partial charge in [0.1, 0.15) is 0 Å². The van der Waals surface area contributed by atoms with Crippen molar-refractivity contribution in [2.75, 3.05) is 37.8 Å². The third kappa shape index (κ3) is 2.72. The Morgan fingerprint density at radius 2 is 2.18 bits per heavy atom. The van der Waals surface area contributed by atoms with Crippen LogP contribution in [0, 0.1) is 6.92 Å². The molecule has 1 aliphatic rings. The van der Waals surface area contributed by atoms with Crippen LogP contribution in [0.3, 0.4) is 0 Å². The van der Waals surface area contributed by atoms with Crippen molar-refractivity contribution in [2.45, 2.75) is 25.8 Å². The molecule has 1 saturated heterocycles. The van der Waals surface area contributed by atoms with Crippen molar-refractivity contribution < 1.29 is 0 Å². The van der Waals surface area contributed by atoms with Gasteiger partial charge in [-0.1, -0.05) is 6.07 Å². The summed E-state index contributed by atoms with van der Waals surface area (Å²) in [6, 6.07) is 6.99. The highest BCUT2D eigenvalue weighted by Gasteiger charge is 2.26. The van der Waals surface area contributed by atoms with Gasteiger partial charge < -0.3 is 15.5 Å². The fourth-order valence-electron chi connectivity index (χ4n) is 2.70. The Labute approximate surface area is 104 Å². The number of nitrogens with zero attached hydrogens (tertiary/aromatic N) is 2. The Morgan fingerprint density at radius 1 is 1.41 bits per heavy atom. The Bertz CT molecular complexity index is 387. The van der Waals surface area contributed by atoms with Crippen LogP contribution in [0.1, 0.15) is 18.4 Å². The van der Waals surface area contributed by atoms with E-state index in [4.69, 9.17) is 5.73 Å². The zero-order chi connectivity index (χ0) is 12.4. The molecule has 1 atom stereocenters. The van der Waals surface area contributed by atoms with E-state index in [0.717, 1.165) is 18.8 Å². The van der Waals surface area contributed by atoms with Gasteiger partial charge in [-0.25, -0.2) is 0 Å². The summed E-state index contributed by atoms with van der Waals surface area (Å²) in [4.78, 5) is 4.72. The minimum absolute atomic E-state index is 0.606. The highest BCUT2D eigenvalue weighted by Crippen LogP contribution is 2.31. The predicted molar refractivity (Wildman–Crippen MR) is 74.5 cm³/mol. The lowest BCUT2D eigenvalue weighted by molar-refractivity contribution is 0.372. The SMILES string of the molecule is Cc1ccc(N2CCCC2CN(C)C)c(N)c1. The van der Waals surface area contributed by atoms with E-state index >= 15 is 0 Å². The summed E-state index contributed by atoms with van der Waals surface area (Å²) in [5.41, 5.74) is 9.49. The maximum absolute atomic E-state index is 6.14. The predicted octanol–water partition coefficient (Wildman–Crippen LogP) is 2.11. The van der Waals surface area contributed by atoms with Crippen LogP contribution in [0.4, 0.5) is 11.4 Å². The van der Waals surface area contributed by atoms with E-state index < -0.39 is 0 Å². The first-order valence-electron chi connectivity index (χ1n) is 6.35. The molecule has 1 aromatic carbocycles. The summed E-state index contributed by atoms with van der Waals surface area (Å²) in [6.07, 6.45) is 2.54. The maximum atomic E-state index is 6.14. The van der Waals surface area contributed by atoms with Crippen LogP contribution in [0.5, 0.6) is 0 Å². The van der Waals surface area contributed by atoms with Crippen molar-refractivity contribution in [3.63, 3.8) is 0 Å². The normalized spacial score (nSPS) is 20.2. The average Bonchev–Trinajstić information content (AvgIpc) is 2.65. The van der Waals surface area contributed by atoms with Gasteiger partial charge in [0.2, 0.25) is 0 Å². The summed E-state index contributed by atoms with van der Waals surface area (Å²) in [6.45, 7) is 4.32. The number of hydrogen-bond acceptors (Lipinski definition) is 3. The molecule has 0 bridgehead atoms. The zero-order valence-corrected chi connectivity index (χ0v) is 11.1. The van der Waals surface area contributed by atoms with E-state index in [-0.39, 0.29) is 0 Å². The van der Waals surface area contributed by atoms with E-state index in [9.17, 15) is 0 Å². The van der Waals surface area contributed by atoms with E-state index in [1.54, 1.807) is 0 Å². The van der Waals surface area contributed by atoms with Crippen LogP contribution in [0.2, 0.25) is 0 Å². The van der Waals surface area contributed by atoms with Crippen molar-refractivity contribution in [1.82, 2.24) is 4.90 Å². The minimum atomic E-state index is 0.606. The Morgan fingerprint density at radius 3 is 2.82 bits per heavy atom. The Kier molecular flexibility index (Phi) is 3.57. The van der Waals surface area contributed by atoms with Gasteiger partial charge in [-0.05, 0) is 51.6 Å². The second-order valence-corrected chi connectivity index (χ2v) is 5.31. The number of rotatable bonds is 3. The number of nitrogen functional groups attached to an aromatic ring is 1. The Hall–Kier alpha value is -1.22. The summed E-state index contributed by atoms with van der Waals surface area (Å²) < 4.78 is 0. The molecule has 3 heteroatoms. The van der Waals surface area contributed by atoms with Crippen LogP contribution < -0.4 is 10.6 Å². The highest BCUT2D eigenvalue weighted by atomic mass is 15.2. The maximum Gasteiger partial charge on any atom is 0.0603 e. The first kappa shape index (κ1) is 12.2. The number of anilines is 2. The Balaban J connectivity index is 2.20. The lowest BCUT2D eigenvalue weighted by atomic mass is 10.1. The molecule has 0 saturated carbocycles. The van der Waals surface area contributed by atoms with E-state index in [2.05, 4.69) is 49.0 Å². The standard InChI is InChI=1S/C14H23N3/c1-11-6-7-14(13(15)9-11)17-8-4-5-12(17)10-16(2)3/h6-7,9,12H,4-5,8,10,15H2,1-3H3. The van der Waals surface area contributed by atoms with Gasteiger partial charge in [0.05, 0.1) is 11.4 Å². The third-order valence-corrected chi connectivity index (χ3v) is 3.45. The molecular weight excluding hydrogens is 210 g/mol. The number of benzene rings is 1. The van der Waals surface area contributed by atoms with Gasteiger partial charge in [0, 0.05) is 19.1 Å². The van der Waals surface area contributed by atoms with Crippen LogP contribution >= 0.6 is 0 Å². The van der Waals surface area contributed by atoms with Crippen LogP contribution in [-0.4, -0.2) is 38.1 Å². The average molecular weight is 233 g/mol. The fourth-order valence-corrected chi connectivity index (χ4v) is 2.70. The van der Waals surface area contributed by atoms with Crippen molar-refractivity contribution >= 4 is 11.4 Å². The molecule has 1 aromatic rings. The van der Waals surface area contributed by atoms with Crippen molar-refractivity contribution in [3.8, 4) is 0 Å². The lowest BCUT2D eigenvalue weighted by Crippen LogP contribution is -2.37. The molecule has 0 aromatic heterocycles. The highest BCUT2D eigenvalue weighted by molar-refractivity contribution is 5.69. The molecule has 1 unspecified atom stereocenters. The van der Waals surface area contributed by atoms with Gasteiger partial charge in [0.25, 0.3) is 0 Å². The number of hydrogen-bond donors (Lipinski definition) is 1. The minimum Gasteiger partial charge on any atom is -0.397 e. The monoisotopic (exact) mass is 233 g/mol. The van der Waals surface area contributed by atoms with Gasteiger partial charge in [-0.15, -0.1) is 0 Å². The van der Waals surface area contributed by atoms with E-state index in [1.807, 2.05) is 0 Å². The fraction of sp³-hybridized carbons (Fsp3) is 0.571. The van der Waals surface area contributed by atoms with Crippen molar-refractivity contribution in [2.24, 2.45) is 0 Å². The van der Waals surface area contributed by atoms with Gasteiger partial charge in [0.15, 0.2) is 0 Å². The quantitative estimate of drug-likeness (QED) is 0.812. The molecule has 0 amide bonds. The molecule has 2 rings (SSSR count).